The molecule has 5 nitrogen and oxygen atoms in total. The molecule has 0 saturated heterocycles. The standard InChI is InChI=1S/C27H31N3O2/c1-30(27(32)18-28)20-22-9-5-10-25(17-22)23-12-14-24(15-13-23)26(31)11-6-16-29-19-21-7-3-2-4-8-21/h2-5,7-10,12-15,17,29H,6,11,16,18-20,28H2,1H3. The van der Waals surface area contributed by atoms with E-state index < -0.39 is 0 Å². The molecular formula is C27H31N3O2. The van der Waals surface area contributed by atoms with Gasteiger partial charge in [-0.1, -0.05) is 72.8 Å². The number of nitrogens with zero attached hydrogens (tertiary/aromatic N) is 1. The zero-order valence-electron chi connectivity index (χ0n) is 18.6. The molecule has 0 aromatic heterocycles. The molecule has 0 fully saturated rings. The molecule has 3 aromatic rings. The van der Waals surface area contributed by atoms with Crippen LogP contribution in [0.15, 0.2) is 78.9 Å². The molecule has 0 spiro atoms. The molecule has 0 aliphatic rings. The number of carbonyl (C=O) groups is 2. The Bertz CT molecular complexity index is 1020. The highest BCUT2D eigenvalue weighted by molar-refractivity contribution is 5.96. The van der Waals surface area contributed by atoms with Crippen LogP contribution in [0.2, 0.25) is 0 Å². The third-order valence-electron chi connectivity index (χ3n) is 5.42. The molecule has 1 amide bonds. The highest BCUT2D eigenvalue weighted by Crippen LogP contribution is 2.22. The van der Waals surface area contributed by atoms with Gasteiger partial charge in [0.1, 0.15) is 0 Å². The summed E-state index contributed by atoms with van der Waals surface area (Å²) in [6.07, 6.45) is 1.34. The second-order valence-electron chi connectivity index (χ2n) is 7.92. The summed E-state index contributed by atoms with van der Waals surface area (Å²) in [5.41, 5.74) is 10.6. The monoisotopic (exact) mass is 429 g/mol. The van der Waals surface area contributed by atoms with Crippen LogP contribution in [0.4, 0.5) is 0 Å². The van der Waals surface area contributed by atoms with E-state index in [0.717, 1.165) is 41.8 Å². The van der Waals surface area contributed by atoms with Crippen molar-refractivity contribution < 1.29 is 9.59 Å². The first-order valence-corrected chi connectivity index (χ1v) is 11.0. The number of rotatable bonds is 11. The van der Waals surface area contributed by atoms with Crippen LogP contribution < -0.4 is 11.1 Å². The van der Waals surface area contributed by atoms with Crippen molar-refractivity contribution in [3.05, 3.63) is 95.6 Å². The van der Waals surface area contributed by atoms with E-state index in [1.807, 2.05) is 60.7 Å². The number of amides is 1. The maximum absolute atomic E-state index is 12.5. The fourth-order valence-electron chi connectivity index (χ4n) is 3.56. The number of nitrogens with two attached hydrogens (primary N) is 1. The minimum atomic E-state index is -0.0893. The molecule has 5 heteroatoms. The van der Waals surface area contributed by atoms with Crippen molar-refractivity contribution in [3.8, 4) is 11.1 Å². The van der Waals surface area contributed by atoms with Crippen LogP contribution in [-0.4, -0.2) is 36.7 Å². The van der Waals surface area contributed by atoms with Gasteiger partial charge in [0.2, 0.25) is 5.91 Å². The molecule has 3 rings (SSSR count). The van der Waals surface area contributed by atoms with Gasteiger partial charge in [-0.05, 0) is 41.3 Å². The molecule has 0 aliphatic carbocycles. The van der Waals surface area contributed by atoms with E-state index in [0.29, 0.717) is 13.0 Å². The molecule has 32 heavy (non-hydrogen) atoms. The van der Waals surface area contributed by atoms with Crippen molar-refractivity contribution in [3.63, 3.8) is 0 Å². The van der Waals surface area contributed by atoms with Gasteiger partial charge in [-0.15, -0.1) is 0 Å². The summed E-state index contributed by atoms with van der Waals surface area (Å²) in [5, 5.41) is 3.38. The topological polar surface area (TPSA) is 75.4 Å². The first-order valence-electron chi connectivity index (χ1n) is 11.0. The number of nitrogens with one attached hydrogen (secondary N) is 1. The van der Waals surface area contributed by atoms with E-state index in [2.05, 4.69) is 23.5 Å². The quantitative estimate of drug-likeness (QED) is 0.357. The summed E-state index contributed by atoms with van der Waals surface area (Å²) >= 11 is 0. The Hall–Kier alpha value is -3.28. The number of ketones is 1. The van der Waals surface area contributed by atoms with Gasteiger partial charge in [-0.2, -0.15) is 0 Å². The van der Waals surface area contributed by atoms with Crippen LogP contribution in [0.1, 0.15) is 34.3 Å². The van der Waals surface area contributed by atoms with Gasteiger partial charge in [0.15, 0.2) is 5.78 Å². The average molecular weight is 430 g/mol. The van der Waals surface area contributed by atoms with Crippen molar-refractivity contribution >= 4 is 11.7 Å². The minimum absolute atomic E-state index is 0.00870. The average Bonchev–Trinajstić information content (AvgIpc) is 2.84. The Morgan fingerprint density at radius 2 is 1.59 bits per heavy atom. The fraction of sp³-hybridized carbons (Fsp3) is 0.259. The van der Waals surface area contributed by atoms with Crippen LogP contribution in [0.25, 0.3) is 11.1 Å². The van der Waals surface area contributed by atoms with Crippen LogP contribution in [-0.2, 0) is 17.9 Å². The molecule has 3 N–H and O–H groups in total. The number of carbonyl (C=O) groups excluding carboxylic acids is 2. The molecule has 166 valence electrons. The van der Waals surface area contributed by atoms with E-state index in [4.69, 9.17) is 5.73 Å². The SMILES string of the molecule is CN(Cc1cccc(-c2ccc(C(=O)CCCNCc3ccccc3)cc2)c1)C(=O)CN. The number of benzene rings is 3. The summed E-state index contributed by atoms with van der Waals surface area (Å²) in [4.78, 5) is 25.9. The number of hydrogen-bond donors (Lipinski definition) is 2. The maximum atomic E-state index is 12.5. The normalized spacial score (nSPS) is 10.7. The fourth-order valence-corrected chi connectivity index (χ4v) is 3.56. The Kier molecular flexibility index (Phi) is 8.72. The molecule has 0 saturated carbocycles. The highest BCUT2D eigenvalue weighted by Gasteiger charge is 2.09. The lowest BCUT2D eigenvalue weighted by molar-refractivity contribution is -0.128. The van der Waals surface area contributed by atoms with Crippen molar-refractivity contribution in [2.75, 3.05) is 20.1 Å². The Morgan fingerprint density at radius 1 is 0.875 bits per heavy atom. The Labute approximate surface area is 190 Å². The minimum Gasteiger partial charge on any atom is -0.340 e. The van der Waals surface area contributed by atoms with E-state index in [1.165, 1.54) is 5.56 Å². The van der Waals surface area contributed by atoms with Gasteiger partial charge in [0.25, 0.3) is 0 Å². The third kappa shape index (κ3) is 6.87. The number of likely N-dealkylation sites (N-methyl/N-ethyl adjacent to an activating group) is 1. The summed E-state index contributed by atoms with van der Waals surface area (Å²) < 4.78 is 0. The third-order valence-corrected chi connectivity index (χ3v) is 5.42. The molecular weight excluding hydrogens is 398 g/mol. The highest BCUT2D eigenvalue weighted by atomic mass is 16.2. The van der Waals surface area contributed by atoms with E-state index >= 15 is 0 Å². The number of Topliss-reactive ketones (excluding diaryl/α,β-unsaturated/α-hetero) is 1. The molecule has 0 radical (unpaired) electrons. The molecule has 3 aromatic carbocycles. The van der Waals surface area contributed by atoms with Crippen LogP contribution in [0.3, 0.4) is 0 Å². The van der Waals surface area contributed by atoms with Gasteiger partial charge in [-0.3, -0.25) is 9.59 Å². The molecule has 0 bridgehead atoms. The predicted molar refractivity (Wildman–Crippen MR) is 129 cm³/mol. The molecule has 0 unspecified atom stereocenters. The predicted octanol–water partition coefficient (Wildman–Crippen LogP) is 4.02. The summed E-state index contributed by atoms with van der Waals surface area (Å²) in [7, 11) is 1.75. The van der Waals surface area contributed by atoms with E-state index in [-0.39, 0.29) is 18.2 Å². The lowest BCUT2D eigenvalue weighted by Crippen LogP contribution is -2.32. The van der Waals surface area contributed by atoms with Crippen LogP contribution in [0.5, 0.6) is 0 Å². The van der Waals surface area contributed by atoms with Gasteiger partial charge in [-0.25, -0.2) is 0 Å². The summed E-state index contributed by atoms with van der Waals surface area (Å²) in [6.45, 7) is 2.15. The van der Waals surface area contributed by atoms with Gasteiger partial charge >= 0.3 is 0 Å². The van der Waals surface area contributed by atoms with Gasteiger partial charge in [0.05, 0.1) is 6.54 Å². The Balaban J connectivity index is 1.50. The first kappa shape index (κ1) is 23.4. The lowest BCUT2D eigenvalue weighted by atomic mass is 9.99. The van der Waals surface area contributed by atoms with Crippen molar-refractivity contribution in [2.24, 2.45) is 5.73 Å². The summed E-state index contributed by atoms with van der Waals surface area (Å²) in [5.74, 6) is 0.0715. The van der Waals surface area contributed by atoms with Crippen LogP contribution >= 0.6 is 0 Å². The van der Waals surface area contributed by atoms with Crippen molar-refractivity contribution in [2.45, 2.75) is 25.9 Å². The largest absolute Gasteiger partial charge is 0.340 e. The van der Waals surface area contributed by atoms with Crippen molar-refractivity contribution in [1.82, 2.24) is 10.2 Å². The second kappa shape index (κ2) is 11.9. The molecule has 0 aliphatic heterocycles. The zero-order valence-corrected chi connectivity index (χ0v) is 18.6. The van der Waals surface area contributed by atoms with Crippen molar-refractivity contribution in [1.29, 1.82) is 0 Å². The molecule has 0 atom stereocenters. The smallest absolute Gasteiger partial charge is 0.236 e. The first-order chi connectivity index (χ1) is 15.6. The zero-order chi connectivity index (χ0) is 22.8. The Morgan fingerprint density at radius 3 is 2.31 bits per heavy atom. The lowest BCUT2D eigenvalue weighted by Gasteiger charge is -2.16. The number of hydrogen-bond acceptors (Lipinski definition) is 4. The summed E-state index contributed by atoms with van der Waals surface area (Å²) in [6, 6.07) is 26.1. The maximum Gasteiger partial charge on any atom is 0.236 e. The van der Waals surface area contributed by atoms with Gasteiger partial charge < -0.3 is 16.0 Å². The van der Waals surface area contributed by atoms with E-state index in [9.17, 15) is 9.59 Å². The van der Waals surface area contributed by atoms with E-state index in [1.54, 1.807) is 11.9 Å². The van der Waals surface area contributed by atoms with Crippen LogP contribution in [0, 0.1) is 0 Å². The van der Waals surface area contributed by atoms with Gasteiger partial charge in [0, 0.05) is 32.1 Å². The second-order valence-corrected chi connectivity index (χ2v) is 7.92. The molecule has 0 heterocycles.